The monoisotopic (exact) mass is 353 g/mol. The second-order valence-corrected chi connectivity index (χ2v) is 6.20. The number of nitrogens with zero attached hydrogens (tertiary/aromatic N) is 1. The first-order valence-corrected chi connectivity index (χ1v) is 8.32. The Kier molecular flexibility index (Phi) is 6.72. The Labute approximate surface area is 145 Å². The number of amides is 2. The zero-order valence-corrected chi connectivity index (χ0v) is 14.1. The van der Waals surface area contributed by atoms with Crippen molar-refractivity contribution in [2.24, 2.45) is 0 Å². The third-order valence-corrected chi connectivity index (χ3v) is 4.42. The summed E-state index contributed by atoms with van der Waals surface area (Å²) in [4.78, 5) is 24.5. The van der Waals surface area contributed by atoms with Crippen molar-refractivity contribution in [3.63, 3.8) is 0 Å². The van der Waals surface area contributed by atoms with E-state index in [-0.39, 0.29) is 37.0 Å². The largest absolute Gasteiger partial charge is 0.480 e. The lowest BCUT2D eigenvalue weighted by molar-refractivity contribution is -0.139. The molecular formula is C17H24FN3O4. The maximum atomic E-state index is 12.8. The number of rotatable bonds is 8. The summed E-state index contributed by atoms with van der Waals surface area (Å²) >= 11 is 0. The number of hydrogen-bond acceptors (Lipinski definition) is 4. The molecule has 0 radical (unpaired) electrons. The first-order chi connectivity index (χ1) is 11.9. The number of carboxylic acids is 1. The zero-order chi connectivity index (χ0) is 18.4. The average molecular weight is 353 g/mol. The minimum Gasteiger partial charge on any atom is -0.480 e. The second kappa shape index (κ2) is 8.77. The number of carbonyl (C=O) groups is 2. The molecular weight excluding hydrogens is 329 g/mol. The maximum absolute atomic E-state index is 12.8. The van der Waals surface area contributed by atoms with E-state index in [1.165, 1.54) is 24.3 Å². The van der Waals surface area contributed by atoms with Gasteiger partial charge >= 0.3 is 12.0 Å². The molecule has 1 aliphatic carbocycles. The van der Waals surface area contributed by atoms with Crippen LogP contribution in [0.3, 0.4) is 0 Å². The highest BCUT2D eigenvalue weighted by molar-refractivity contribution is 5.74. The predicted molar refractivity (Wildman–Crippen MR) is 89.6 cm³/mol. The van der Waals surface area contributed by atoms with Crippen LogP contribution in [0.1, 0.15) is 31.4 Å². The van der Waals surface area contributed by atoms with Crippen LogP contribution in [0.25, 0.3) is 0 Å². The number of halogens is 1. The van der Waals surface area contributed by atoms with E-state index in [9.17, 15) is 19.1 Å². The summed E-state index contributed by atoms with van der Waals surface area (Å²) in [6, 6.07) is 5.22. The van der Waals surface area contributed by atoms with E-state index in [0.29, 0.717) is 24.9 Å². The lowest BCUT2D eigenvalue weighted by Gasteiger charge is -2.42. The molecule has 0 aromatic heterocycles. The number of aliphatic hydroxyl groups is 1. The van der Waals surface area contributed by atoms with Crippen molar-refractivity contribution in [3.05, 3.63) is 35.6 Å². The molecule has 1 atom stereocenters. The molecule has 0 spiro atoms. The molecule has 8 heteroatoms. The average Bonchev–Trinajstić information content (AvgIpc) is 2.54. The maximum Gasteiger partial charge on any atom is 0.317 e. The number of benzene rings is 1. The van der Waals surface area contributed by atoms with E-state index < -0.39 is 12.1 Å². The van der Waals surface area contributed by atoms with Gasteiger partial charge in [-0.1, -0.05) is 19.1 Å². The van der Waals surface area contributed by atoms with Gasteiger partial charge in [-0.25, -0.2) is 9.18 Å². The van der Waals surface area contributed by atoms with Gasteiger partial charge in [0.2, 0.25) is 0 Å². The predicted octanol–water partition coefficient (Wildman–Crippen LogP) is 1.10. The summed E-state index contributed by atoms with van der Waals surface area (Å²) < 4.78 is 12.8. The van der Waals surface area contributed by atoms with Crippen LogP contribution in [-0.4, -0.2) is 58.8 Å². The van der Waals surface area contributed by atoms with Gasteiger partial charge in [0.1, 0.15) is 5.82 Å². The Morgan fingerprint density at radius 3 is 2.52 bits per heavy atom. The minimum atomic E-state index is -0.911. The molecule has 2 amide bonds. The topological polar surface area (TPSA) is 102 Å². The Bertz CT molecular complexity index is 590. The van der Waals surface area contributed by atoms with Gasteiger partial charge in [0.15, 0.2) is 0 Å². The Balaban J connectivity index is 1.68. The van der Waals surface area contributed by atoms with Gasteiger partial charge in [0.05, 0.1) is 12.6 Å². The number of carboxylic acid groups (broad SMARTS) is 1. The zero-order valence-electron chi connectivity index (χ0n) is 14.1. The number of carbonyl (C=O) groups excluding carboxylic acids is 1. The van der Waals surface area contributed by atoms with Crippen LogP contribution in [0, 0.1) is 5.82 Å². The highest BCUT2D eigenvalue weighted by Gasteiger charge is 2.34. The summed E-state index contributed by atoms with van der Waals surface area (Å²) in [7, 11) is 0. The van der Waals surface area contributed by atoms with Crippen LogP contribution in [0.2, 0.25) is 0 Å². The third kappa shape index (κ3) is 5.68. The number of urea groups is 1. The fourth-order valence-electron chi connectivity index (χ4n) is 2.91. The van der Waals surface area contributed by atoms with Crippen LogP contribution in [-0.2, 0) is 4.79 Å². The summed E-state index contributed by atoms with van der Waals surface area (Å²) in [6.45, 7) is 2.59. The van der Waals surface area contributed by atoms with E-state index in [0.717, 1.165) is 0 Å². The summed E-state index contributed by atoms with van der Waals surface area (Å²) in [6.07, 6.45) is 0.496. The van der Waals surface area contributed by atoms with Gasteiger partial charge in [0, 0.05) is 18.6 Å². The van der Waals surface area contributed by atoms with Gasteiger partial charge in [-0.3, -0.25) is 9.69 Å². The number of nitrogens with one attached hydrogen (secondary N) is 2. The molecule has 25 heavy (non-hydrogen) atoms. The Hall–Kier alpha value is -2.19. The van der Waals surface area contributed by atoms with Crippen molar-refractivity contribution in [3.8, 4) is 0 Å². The van der Waals surface area contributed by atoms with Crippen molar-refractivity contribution >= 4 is 12.0 Å². The minimum absolute atomic E-state index is 0.00388. The molecule has 4 N–H and O–H groups in total. The summed E-state index contributed by atoms with van der Waals surface area (Å²) in [5.74, 6) is -1.24. The highest BCUT2D eigenvalue weighted by Crippen LogP contribution is 2.25. The lowest BCUT2D eigenvalue weighted by Crippen LogP contribution is -2.56. The molecule has 1 aromatic carbocycles. The third-order valence-electron chi connectivity index (χ3n) is 4.42. The van der Waals surface area contributed by atoms with E-state index in [1.54, 1.807) is 0 Å². The number of hydrogen-bond donors (Lipinski definition) is 4. The molecule has 0 aliphatic heterocycles. The van der Waals surface area contributed by atoms with Crippen molar-refractivity contribution < 1.29 is 24.2 Å². The van der Waals surface area contributed by atoms with Gasteiger partial charge in [0.25, 0.3) is 0 Å². The highest BCUT2D eigenvalue weighted by atomic mass is 19.1. The molecule has 2 rings (SSSR count). The van der Waals surface area contributed by atoms with E-state index >= 15 is 0 Å². The van der Waals surface area contributed by atoms with Crippen LogP contribution >= 0.6 is 0 Å². The van der Waals surface area contributed by atoms with Gasteiger partial charge < -0.3 is 20.8 Å². The van der Waals surface area contributed by atoms with Crippen LogP contribution < -0.4 is 10.6 Å². The lowest BCUT2D eigenvalue weighted by atomic mass is 9.85. The van der Waals surface area contributed by atoms with Crippen LogP contribution in [0.15, 0.2) is 24.3 Å². The second-order valence-electron chi connectivity index (χ2n) is 6.20. The van der Waals surface area contributed by atoms with Crippen molar-refractivity contribution in [1.29, 1.82) is 0 Å². The molecule has 7 nitrogen and oxygen atoms in total. The summed E-state index contributed by atoms with van der Waals surface area (Å²) in [5, 5.41) is 24.2. The molecule has 0 saturated heterocycles. The number of likely N-dealkylation sites (N-methyl/N-ethyl adjacent to an activating group) is 1. The van der Waals surface area contributed by atoms with E-state index in [1.807, 2.05) is 11.8 Å². The standard InChI is InChI=1S/C17H24FN3O4/c1-2-21(10-16(23)24)14-7-13(8-14)20-17(25)19-9-15(22)11-3-5-12(18)6-4-11/h3-6,13-15,22H,2,7-10H2,1H3,(H,23,24)(H2,19,20,25)/t13?,14?,15-/m0/s1. The van der Waals surface area contributed by atoms with E-state index in [4.69, 9.17) is 5.11 Å². The fourth-order valence-corrected chi connectivity index (χ4v) is 2.91. The molecule has 1 aromatic rings. The fraction of sp³-hybridized carbons (Fsp3) is 0.529. The first kappa shape index (κ1) is 19.1. The molecule has 1 aliphatic rings. The number of aliphatic carboxylic acids is 1. The van der Waals surface area contributed by atoms with Gasteiger partial charge in [-0.15, -0.1) is 0 Å². The normalized spacial score (nSPS) is 20.6. The van der Waals surface area contributed by atoms with Crippen LogP contribution in [0.5, 0.6) is 0 Å². The van der Waals surface area contributed by atoms with Crippen molar-refractivity contribution in [2.75, 3.05) is 19.6 Å². The molecule has 138 valence electrons. The molecule has 1 saturated carbocycles. The van der Waals surface area contributed by atoms with E-state index in [2.05, 4.69) is 10.6 Å². The number of aliphatic hydroxyl groups excluding tert-OH is 1. The molecule has 0 unspecified atom stereocenters. The van der Waals surface area contributed by atoms with Crippen molar-refractivity contribution in [1.82, 2.24) is 15.5 Å². The van der Waals surface area contributed by atoms with Gasteiger partial charge in [-0.05, 0) is 37.1 Å². The Morgan fingerprint density at radius 2 is 1.96 bits per heavy atom. The SMILES string of the molecule is CCN(CC(=O)O)C1CC(NC(=O)NC[C@H](O)c2ccc(F)cc2)C1. The summed E-state index contributed by atoms with van der Waals surface area (Å²) in [5.41, 5.74) is 0.526. The van der Waals surface area contributed by atoms with Crippen LogP contribution in [0.4, 0.5) is 9.18 Å². The van der Waals surface area contributed by atoms with Crippen molar-refractivity contribution in [2.45, 2.75) is 38.0 Å². The molecule has 0 heterocycles. The quantitative estimate of drug-likeness (QED) is 0.560. The Morgan fingerprint density at radius 1 is 1.32 bits per heavy atom. The van der Waals surface area contributed by atoms with Gasteiger partial charge in [-0.2, -0.15) is 0 Å². The molecule has 1 fully saturated rings. The smallest absolute Gasteiger partial charge is 0.317 e. The first-order valence-electron chi connectivity index (χ1n) is 8.32. The molecule has 0 bridgehead atoms.